The summed E-state index contributed by atoms with van der Waals surface area (Å²) in [5.74, 6) is 1.43. The standard InChI is InChI=1S/C24H22N2O3S2/c1-15-13-17(16(2)25(15)18-5-9-20(28-3)10-6-18)14-22-23(27)26(24(30)31-22)19-7-11-21(29-4)12-8-19/h5-14H,1-4H3/b22-14+. The largest absolute Gasteiger partial charge is 0.497 e. The molecule has 3 aromatic rings. The molecule has 1 aromatic heterocycles. The van der Waals surface area contributed by atoms with E-state index in [1.165, 1.54) is 11.8 Å². The molecule has 1 aliphatic heterocycles. The highest BCUT2D eigenvalue weighted by molar-refractivity contribution is 8.27. The molecule has 0 unspecified atom stereocenters. The zero-order valence-corrected chi connectivity index (χ0v) is 19.3. The molecule has 4 rings (SSSR count). The molecule has 2 heterocycles. The lowest BCUT2D eigenvalue weighted by molar-refractivity contribution is -0.113. The van der Waals surface area contributed by atoms with Gasteiger partial charge in [-0.3, -0.25) is 9.69 Å². The number of aryl methyl sites for hydroxylation is 1. The molecule has 7 heteroatoms. The number of rotatable bonds is 5. The molecule has 1 fully saturated rings. The van der Waals surface area contributed by atoms with Gasteiger partial charge in [0.05, 0.1) is 24.8 Å². The van der Waals surface area contributed by atoms with Gasteiger partial charge in [0.2, 0.25) is 0 Å². The van der Waals surface area contributed by atoms with E-state index < -0.39 is 0 Å². The number of hydrogen-bond donors (Lipinski definition) is 0. The third kappa shape index (κ3) is 3.98. The molecule has 0 saturated carbocycles. The summed E-state index contributed by atoms with van der Waals surface area (Å²) in [4.78, 5) is 15.3. The highest BCUT2D eigenvalue weighted by atomic mass is 32.2. The second kappa shape index (κ2) is 8.61. The Kier molecular flexibility index (Phi) is 5.89. The van der Waals surface area contributed by atoms with Gasteiger partial charge in [-0.2, -0.15) is 0 Å². The van der Waals surface area contributed by atoms with E-state index in [1.54, 1.807) is 19.1 Å². The molecule has 0 bridgehead atoms. The number of ether oxygens (including phenoxy) is 2. The lowest BCUT2D eigenvalue weighted by atomic mass is 10.2. The summed E-state index contributed by atoms with van der Waals surface area (Å²) in [5.41, 5.74) is 4.90. The smallest absolute Gasteiger partial charge is 0.270 e. The second-order valence-corrected chi connectivity index (χ2v) is 8.75. The number of carbonyl (C=O) groups is 1. The van der Waals surface area contributed by atoms with Gasteiger partial charge >= 0.3 is 0 Å². The fourth-order valence-electron chi connectivity index (χ4n) is 3.63. The number of methoxy groups -OCH3 is 2. The highest BCUT2D eigenvalue weighted by Gasteiger charge is 2.33. The molecule has 158 valence electrons. The number of thiocarbonyl (C=S) groups is 1. The second-order valence-electron chi connectivity index (χ2n) is 7.08. The Hall–Kier alpha value is -3.03. The van der Waals surface area contributed by atoms with Crippen LogP contribution in [0.1, 0.15) is 17.0 Å². The van der Waals surface area contributed by atoms with E-state index in [9.17, 15) is 4.79 Å². The average molecular weight is 451 g/mol. The Balaban J connectivity index is 1.65. The molecule has 0 radical (unpaired) electrons. The van der Waals surface area contributed by atoms with Crippen LogP contribution in [0, 0.1) is 13.8 Å². The molecule has 1 saturated heterocycles. The van der Waals surface area contributed by atoms with Crippen molar-refractivity contribution < 1.29 is 14.3 Å². The van der Waals surface area contributed by atoms with E-state index in [1.807, 2.05) is 61.5 Å². The van der Waals surface area contributed by atoms with E-state index in [0.717, 1.165) is 39.8 Å². The highest BCUT2D eigenvalue weighted by Crippen LogP contribution is 2.37. The summed E-state index contributed by atoms with van der Waals surface area (Å²) in [5, 5.41) is 0. The van der Waals surface area contributed by atoms with Crippen molar-refractivity contribution in [3.63, 3.8) is 0 Å². The average Bonchev–Trinajstić information content (AvgIpc) is 3.22. The number of nitrogens with zero attached hydrogens (tertiary/aromatic N) is 2. The monoisotopic (exact) mass is 450 g/mol. The third-order valence-electron chi connectivity index (χ3n) is 5.21. The number of benzene rings is 2. The third-order valence-corrected chi connectivity index (χ3v) is 6.51. The van der Waals surface area contributed by atoms with Crippen LogP contribution < -0.4 is 14.4 Å². The number of hydrogen-bond acceptors (Lipinski definition) is 5. The molecular formula is C24H22N2O3S2. The predicted molar refractivity (Wildman–Crippen MR) is 130 cm³/mol. The van der Waals surface area contributed by atoms with Gasteiger partial charge < -0.3 is 14.0 Å². The molecule has 0 spiro atoms. The van der Waals surface area contributed by atoms with Crippen LogP contribution >= 0.6 is 24.0 Å². The Morgan fingerprint density at radius 1 is 0.903 bits per heavy atom. The van der Waals surface area contributed by atoms with Gasteiger partial charge in [-0.15, -0.1) is 0 Å². The zero-order valence-electron chi connectivity index (χ0n) is 17.7. The maximum Gasteiger partial charge on any atom is 0.270 e. The Labute approximate surface area is 191 Å². The van der Waals surface area contributed by atoms with Crippen LogP contribution in [0.3, 0.4) is 0 Å². The maximum atomic E-state index is 13.1. The van der Waals surface area contributed by atoms with Crippen LogP contribution in [-0.2, 0) is 4.79 Å². The summed E-state index contributed by atoms with van der Waals surface area (Å²) < 4.78 is 13.1. The van der Waals surface area contributed by atoms with Crippen LogP contribution in [0.15, 0.2) is 59.5 Å². The van der Waals surface area contributed by atoms with Crippen LogP contribution in [0.25, 0.3) is 11.8 Å². The van der Waals surface area contributed by atoms with Crippen molar-refractivity contribution in [1.29, 1.82) is 0 Å². The van der Waals surface area contributed by atoms with Crippen molar-refractivity contribution in [1.82, 2.24) is 4.57 Å². The summed E-state index contributed by atoms with van der Waals surface area (Å²) >= 11 is 6.81. The molecule has 5 nitrogen and oxygen atoms in total. The van der Waals surface area contributed by atoms with Gasteiger partial charge in [-0.25, -0.2) is 0 Å². The fourth-order valence-corrected chi connectivity index (χ4v) is 4.92. The first-order chi connectivity index (χ1) is 14.9. The molecule has 2 aromatic carbocycles. The Morgan fingerprint density at radius 3 is 2.00 bits per heavy atom. The van der Waals surface area contributed by atoms with Gasteiger partial charge in [0, 0.05) is 17.1 Å². The Morgan fingerprint density at radius 2 is 1.45 bits per heavy atom. The normalized spacial score (nSPS) is 15.1. The van der Waals surface area contributed by atoms with E-state index in [4.69, 9.17) is 21.7 Å². The molecular weight excluding hydrogens is 428 g/mol. The lowest BCUT2D eigenvalue weighted by Gasteiger charge is -2.14. The zero-order chi connectivity index (χ0) is 22.1. The minimum Gasteiger partial charge on any atom is -0.497 e. The summed E-state index contributed by atoms with van der Waals surface area (Å²) in [7, 11) is 3.27. The maximum absolute atomic E-state index is 13.1. The minimum absolute atomic E-state index is 0.116. The van der Waals surface area contributed by atoms with Crippen LogP contribution in [0.5, 0.6) is 11.5 Å². The quantitative estimate of drug-likeness (QED) is 0.378. The first-order valence-corrected chi connectivity index (χ1v) is 10.9. The summed E-state index contributed by atoms with van der Waals surface area (Å²) in [6.45, 7) is 4.10. The first-order valence-electron chi connectivity index (χ1n) is 9.68. The summed E-state index contributed by atoms with van der Waals surface area (Å²) in [6, 6.07) is 17.3. The number of amides is 1. The molecule has 0 atom stereocenters. The van der Waals surface area contributed by atoms with Crippen molar-refractivity contribution >= 4 is 46.0 Å². The van der Waals surface area contributed by atoms with E-state index >= 15 is 0 Å². The predicted octanol–water partition coefficient (Wildman–Crippen LogP) is 5.52. The summed E-state index contributed by atoms with van der Waals surface area (Å²) in [6.07, 6.45) is 1.92. The topological polar surface area (TPSA) is 43.7 Å². The first kappa shape index (κ1) is 21.2. The van der Waals surface area contributed by atoms with Gasteiger partial charge in [0.25, 0.3) is 5.91 Å². The van der Waals surface area contributed by atoms with Gasteiger partial charge in [-0.1, -0.05) is 24.0 Å². The van der Waals surface area contributed by atoms with E-state index in [0.29, 0.717) is 9.23 Å². The number of thioether (sulfide) groups is 1. The van der Waals surface area contributed by atoms with Gasteiger partial charge in [0.1, 0.15) is 11.5 Å². The van der Waals surface area contributed by atoms with E-state index in [-0.39, 0.29) is 5.91 Å². The number of anilines is 1. The van der Waals surface area contributed by atoms with Crippen LogP contribution in [-0.4, -0.2) is 29.0 Å². The molecule has 1 amide bonds. The molecule has 31 heavy (non-hydrogen) atoms. The molecule has 1 aliphatic rings. The molecule has 0 N–H and O–H groups in total. The number of carbonyl (C=O) groups excluding carboxylic acids is 1. The van der Waals surface area contributed by atoms with Crippen molar-refractivity contribution in [2.45, 2.75) is 13.8 Å². The van der Waals surface area contributed by atoms with Crippen LogP contribution in [0.2, 0.25) is 0 Å². The van der Waals surface area contributed by atoms with Crippen LogP contribution in [0.4, 0.5) is 5.69 Å². The van der Waals surface area contributed by atoms with Crippen molar-refractivity contribution in [3.05, 3.63) is 76.5 Å². The van der Waals surface area contributed by atoms with Gasteiger partial charge in [-0.05, 0) is 80.1 Å². The minimum atomic E-state index is -0.116. The van der Waals surface area contributed by atoms with Crippen molar-refractivity contribution in [2.24, 2.45) is 0 Å². The number of aromatic nitrogens is 1. The van der Waals surface area contributed by atoms with Crippen molar-refractivity contribution in [3.8, 4) is 17.2 Å². The van der Waals surface area contributed by atoms with E-state index in [2.05, 4.69) is 17.6 Å². The van der Waals surface area contributed by atoms with Gasteiger partial charge in [0.15, 0.2) is 4.32 Å². The SMILES string of the molecule is COc1ccc(N2C(=O)/C(=C\c3cc(C)n(-c4ccc(OC)cc4)c3C)SC2=S)cc1. The fraction of sp³-hybridized carbons (Fsp3) is 0.167. The lowest BCUT2D eigenvalue weighted by Crippen LogP contribution is -2.27. The molecule has 0 aliphatic carbocycles. The Bertz CT molecular complexity index is 1180. The van der Waals surface area contributed by atoms with Crippen molar-refractivity contribution in [2.75, 3.05) is 19.1 Å².